The zero-order chi connectivity index (χ0) is 21.9. The van der Waals surface area contributed by atoms with Crippen LogP contribution < -0.4 is 11.2 Å². The largest absolute Gasteiger partial charge is 0.330 e. The summed E-state index contributed by atoms with van der Waals surface area (Å²) in [5, 5.41) is 2.23. The van der Waals surface area contributed by atoms with Gasteiger partial charge >= 0.3 is 5.69 Å². The van der Waals surface area contributed by atoms with Crippen molar-refractivity contribution in [2.45, 2.75) is 0 Å². The Morgan fingerprint density at radius 3 is 2.48 bits per heavy atom. The minimum atomic E-state index is -0.403. The summed E-state index contributed by atoms with van der Waals surface area (Å²) in [6.07, 6.45) is 3.50. The number of aromatic nitrogens is 4. The molecule has 6 nitrogen and oxygen atoms in total. The maximum Gasteiger partial charge on any atom is 0.330 e. The van der Waals surface area contributed by atoms with E-state index in [-0.39, 0.29) is 0 Å². The van der Waals surface area contributed by atoms with Crippen LogP contribution in [0.2, 0.25) is 10.0 Å². The average molecular weight is 451 g/mol. The molecule has 154 valence electrons. The molecule has 0 spiro atoms. The molecule has 0 aliphatic carbocycles. The second-order valence-corrected chi connectivity index (χ2v) is 8.13. The summed E-state index contributed by atoms with van der Waals surface area (Å²) in [6, 6.07) is 14.8. The molecule has 0 amide bonds. The van der Waals surface area contributed by atoms with Gasteiger partial charge in [0.15, 0.2) is 0 Å². The first-order valence-corrected chi connectivity index (χ1v) is 10.2. The van der Waals surface area contributed by atoms with Crippen LogP contribution in [0.3, 0.4) is 0 Å². The van der Waals surface area contributed by atoms with Gasteiger partial charge < -0.3 is 4.57 Å². The number of aryl methyl sites for hydroxylation is 1. The predicted octanol–water partition coefficient (Wildman–Crippen LogP) is 4.55. The average Bonchev–Trinajstić information content (AvgIpc) is 3.16. The first-order chi connectivity index (χ1) is 14.9. The van der Waals surface area contributed by atoms with Crippen LogP contribution in [0.15, 0.2) is 70.5 Å². The molecule has 5 aromatic rings. The molecule has 3 heterocycles. The van der Waals surface area contributed by atoms with Crippen LogP contribution in [0.1, 0.15) is 0 Å². The van der Waals surface area contributed by atoms with E-state index < -0.39 is 11.2 Å². The normalized spacial score (nSPS) is 11.5. The number of halogens is 2. The van der Waals surface area contributed by atoms with Gasteiger partial charge in [-0.1, -0.05) is 41.4 Å². The quantitative estimate of drug-likeness (QED) is 0.396. The van der Waals surface area contributed by atoms with E-state index in [4.69, 9.17) is 23.2 Å². The molecular formula is C23H16Cl2N4O2. The summed E-state index contributed by atoms with van der Waals surface area (Å²) in [5.41, 5.74) is 2.44. The van der Waals surface area contributed by atoms with Crippen LogP contribution in [0, 0.1) is 0 Å². The number of nitrogens with zero attached hydrogens (tertiary/aromatic N) is 4. The topological polar surface area (TPSA) is 61.8 Å². The molecule has 0 unspecified atom stereocenters. The molecule has 0 fully saturated rings. The van der Waals surface area contributed by atoms with Crippen molar-refractivity contribution in [3.8, 4) is 16.9 Å². The third kappa shape index (κ3) is 2.91. The Balaban J connectivity index is 2.03. The van der Waals surface area contributed by atoms with Gasteiger partial charge in [0.1, 0.15) is 0 Å². The summed E-state index contributed by atoms with van der Waals surface area (Å²) in [7, 11) is 3.11. The molecule has 0 aliphatic rings. The number of benzene rings is 2. The number of pyridine rings is 1. The molecular weight excluding hydrogens is 435 g/mol. The molecule has 2 aromatic carbocycles. The highest BCUT2D eigenvalue weighted by molar-refractivity contribution is 6.36. The van der Waals surface area contributed by atoms with Crippen LogP contribution in [-0.4, -0.2) is 18.7 Å². The van der Waals surface area contributed by atoms with E-state index in [2.05, 4.69) is 4.98 Å². The Morgan fingerprint density at radius 1 is 0.935 bits per heavy atom. The van der Waals surface area contributed by atoms with Gasteiger partial charge in [-0.05, 0) is 30.3 Å². The second kappa shape index (κ2) is 7.11. The lowest BCUT2D eigenvalue weighted by atomic mass is 10.1. The maximum absolute atomic E-state index is 13.2. The number of hydrogen-bond acceptors (Lipinski definition) is 3. The van der Waals surface area contributed by atoms with Crippen LogP contribution >= 0.6 is 23.2 Å². The maximum atomic E-state index is 13.2. The van der Waals surface area contributed by atoms with E-state index in [0.717, 1.165) is 21.2 Å². The molecule has 0 radical (unpaired) electrons. The molecule has 0 bridgehead atoms. The first-order valence-electron chi connectivity index (χ1n) is 9.49. The minimum absolute atomic E-state index is 0.391. The zero-order valence-electron chi connectivity index (χ0n) is 16.6. The summed E-state index contributed by atoms with van der Waals surface area (Å²) in [5.74, 6) is 0. The van der Waals surface area contributed by atoms with E-state index in [1.54, 1.807) is 37.6 Å². The van der Waals surface area contributed by atoms with Crippen molar-refractivity contribution in [1.29, 1.82) is 0 Å². The Labute approximate surface area is 186 Å². The number of hydrogen-bond donors (Lipinski definition) is 0. The molecule has 0 saturated carbocycles. The van der Waals surface area contributed by atoms with Gasteiger partial charge in [0.05, 0.1) is 32.8 Å². The SMILES string of the molecule is Cn1c(=O)c2c(-c3ccc(Cl)cc3Cl)n(-c3cccc4cccnc34)cc2n(C)c1=O. The minimum Gasteiger partial charge on any atom is -0.311 e. The van der Waals surface area contributed by atoms with E-state index in [1.165, 1.54) is 11.6 Å². The van der Waals surface area contributed by atoms with Gasteiger partial charge in [0.2, 0.25) is 0 Å². The van der Waals surface area contributed by atoms with Gasteiger partial charge in [0.25, 0.3) is 5.56 Å². The van der Waals surface area contributed by atoms with Crippen LogP contribution in [-0.2, 0) is 14.1 Å². The van der Waals surface area contributed by atoms with Gasteiger partial charge in [-0.15, -0.1) is 0 Å². The molecule has 5 rings (SSSR count). The lowest BCUT2D eigenvalue weighted by molar-refractivity contribution is 0.714. The lowest BCUT2D eigenvalue weighted by Gasteiger charge is -2.13. The Morgan fingerprint density at radius 2 is 1.71 bits per heavy atom. The Hall–Kier alpha value is -3.35. The highest BCUT2D eigenvalue weighted by atomic mass is 35.5. The molecule has 3 aromatic heterocycles. The first kappa shape index (κ1) is 19.6. The van der Waals surface area contributed by atoms with Crippen molar-refractivity contribution in [3.63, 3.8) is 0 Å². The van der Waals surface area contributed by atoms with Crippen molar-refractivity contribution >= 4 is 45.0 Å². The fraction of sp³-hybridized carbons (Fsp3) is 0.0870. The van der Waals surface area contributed by atoms with E-state index in [9.17, 15) is 9.59 Å². The highest BCUT2D eigenvalue weighted by Gasteiger charge is 2.22. The molecule has 0 saturated heterocycles. The van der Waals surface area contributed by atoms with Gasteiger partial charge in [0, 0.05) is 42.5 Å². The van der Waals surface area contributed by atoms with E-state index >= 15 is 0 Å². The summed E-state index contributed by atoms with van der Waals surface area (Å²) in [6.45, 7) is 0. The lowest BCUT2D eigenvalue weighted by Crippen LogP contribution is -2.36. The fourth-order valence-corrected chi connectivity index (χ4v) is 4.46. The zero-order valence-corrected chi connectivity index (χ0v) is 18.1. The fourth-order valence-electron chi connectivity index (χ4n) is 3.96. The van der Waals surface area contributed by atoms with E-state index in [1.807, 2.05) is 34.9 Å². The predicted molar refractivity (Wildman–Crippen MR) is 125 cm³/mol. The van der Waals surface area contributed by atoms with Crippen LogP contribution in [0.4, 0.5) is 0 Å². The summed E-state index contributed by atoms with van der Waals surface area (Å²) in [4.78, 5) is 30.4. The third-order valence-corrected chi connectivity index (χ3v) is 6.04. The van der Waals surface area contributed by atoms with Crippen molar-refractivity contribution in [1.82, 2.24) is 18.7 Å². The molecule has 8 heteroatoms. The summed E-state index contributed by atoms with van der Waals surface area (Å²) < 4.78 is 4.43. The molecule has 0 N–H and O–H groups in total. The van der Waals surface area contributed by atoms with E-state index in [0.29, 0.717) is 32.2 Å². The van der Waals surface area contributed by atoms with Crippen molar-refractivity contribution in [2.24, 2.45) is 14.1 Å². The standard InChI is InChI=1S/C23H16Cl2N4O2/c1-27-18-12-29(17-7-3-5-13-6-4-10-26-20(13)17)21(15-9-8-14(24)11-16(15)25)19(18)22(30)28(2)23(27)31/h3-12H,1-2H3. The second-order valence-electron chi connectivity index (χ2n) is 7.29. The Bertz CT molecular complexity index is 1620. The highest BCUT2D eigenvalue weighted by Crippen LogP contribution is 2.37. The number of para-hydroxylation sites is 1. The third-order valence-electron chi connectivity index (χ3n) is 5.50. The van der Waals surface area contributed by atoms with Crippen LogP contribution in [0.25, 0.3) is 38.8 Å². The monoisotopic (exact) mass is 450 g/mol. The van der Waals surface area contributed by atoms with Gasteiger partial charge in [-0.3, -0.25) is 18.9 Å². The molecule has 0 aliphatic heterocycles. The number of rotatable bonds is 2. The smallest absolute Gasteiger partial charge is 0.311 e. The summed E-state index contributed by atoms with van der Waals surface area (Å²) >= 11 is 12.7. The van der Waals surface area contributed by atoms with Crippen molar-refractivity contribution in [2.75, 3.05) is 0 Å². The van der Waals surface area contributed by atoms with Crippen molar-refractivity contribution in [3.05, 3.63) is 91.8 Å². The molecule has 0 atom stereocenters. The number of fused-ring (bicyclic) bond motifs is 2. The Kier molecular flexibility index (Phi) is 4.50. The van der Waals surface area contributed by atoms with Crippen LogP contribution in [0.5, 0.6) is 0 Å². The van der Waals surface area contributed by atoms with Crippen molar-refractivity contribution < 1.29 is 0 Å². The molecule has 31 heavy (non-hydrogen) atoms. The van der Waals surface area contributed by atoms with Gasteiger partial charge in [-0.25, -0.2) is 4.79 Å². The van der Waals surface area contributed by atoms with Gasteiger partial charge in [-0.2, -0.15) is 0 Å².